The van der Waals surface area contributed by atoms with Gasteiger partial charge in [-0.2, -0.15) is 0 Å². The molecule has 19 heavy (non-hydrogen) atoms. The lowest BCUT2D eigenvalue weighted by atomic mass is 10.0. The van der Waals surface area contributed by atoms with Crippen molar-refractivity contribution in [1.29, 1.82) is 0 Å². The first-order valence-electron chi connectivity index (χ1n) is 6.74. The first-order chi connectivity index (χ1) is 8.97. The second-order valence-corrected chi connectivity index (χ2v) is 6.88. The fraction of sp³-hybridized carbons (Fsp3) is 0.533. The minimum Gasteiger partial charge on any atom is -0.481 e. The predicted molar refractivity (Wildman–Crippen MR) is 80.3 cm³/mol. The summed E-state index contributed by atoms with van der Waals surface area (Å²) in [6.07, 6.45) is 0.197. The number of hydrogen-bond donors (Lipinski definition) is 1. The zero-order chi connectivity index (χ0) is 14.0. The third kappa shape index (κ3) is 3.44. The van der Waals surface area contributed by atoms with Gasteiger partial charge >= 0.3 is 5.97 Å². The molecule has 1 atom stereocenters. The van der Waals surface area contributed by atoms with Gasteiger partial charge in [0, 0.05) is 23.2 Å². The van der Waals surface area contributed by atoms with Crippen molar-refractivity contribution in [3.8, 4) is 0 Å². The summed E-state index contributed by atoms with van der Waals surface area (Å²) in [4.78, 5) is 14.2. The van der Waals surface area contributed by atoms with Gasteiger partial charge in [0.1, 0.15) is 0 Å². The van der Waals surface area contributed by atoms with Gasteiger partial charge in [-0.05, 0) is 23.6 Å². The zero-order valence-electron chi connectivity index (χ0n) is 11.7. The molecule has 1 aromatic rings. The molecule has 1 aliphatic heterocycles. The number of thioether (sulfide) groups is 1. The van der Waals surface area contributed by atoms with Crippen molar-refractivity contribution >= 4 is 23.4 Å². The second-order valence-electron chi connectivity index (χ2n) is 5.40. The van der Waals surface area contributed by atoms with Crippen LogP contribution >= 0.6 is 11.8 Å². The summed E-state index contributed by atoms with van der Waals surface area (Å²) in [5.41, 5.74) is 2.53. The summed E-state index contributed by atoms with van der Waals surface area (Å²) >= 11 is 1.89. The Morgan fingerprint density at radius 3 is 2.89 bits per heavy atom. The number of carboxylic acids is 1. The van der Waals surface area contributed by atoms with Gasteiger partial charge in [-0.25, -0.2) is 0 Å². The summed E-state index contributed by atoms with van der Waals surface area (Å²) in [6, 6.07) is 6.56. The van der Waals surface area contributed by atoms with Crippen LogP contribution in [-0.2, 0) is 4.79 Å². The highest BCUT2D eigenvalue weighted by Crippen LogP contribution is 2.39. The molecular formula is C15H21NO2S. The average molecular weight is 279 g/mol. The number of aliphatic carboxylic acids is 1. The molecule has 0 spiro atoms. The van der Waals surface area contributed by atoms with Crippen LogP contribution in [0.4, 0.5) is 5.69 Å². The van der Waals surface area contributed by atoms with Gasteiger partial charge in [-0.15, -0.1) is 11.8 Å². The molecule has 2 rings (SSSR count). The van der Waals surface area contributed by atoms with E-state index in [-0.39, 0.29) is 6.42 Å². The summed E-state index contributed by atoms with van der Waals surface area (Å²) in [5.74, 6) is -0.207. The zero-order valence-corrected chi connectivity index (χ0v) is 12.5. The number of anilines is 1. The van der Waals surface area contributed by atoms with Crippen molar-refractivity contribution in [2.24, 2.45) is 0 Å². The predicted octanol–water partition coefficient (Wildman–Crippen LogP) is 3.59. The number of rotatable bonds is 4. The third-order valence-corrected chi connectivity index (χ3v) is 4.52. The van der Waals surface area contributed by atoms with Crippen molar-refractivity contribution < 1.29 is 9.90 Å². The Bertz CT molecular complexity index is 473. The molecule has 0 radical (unpaired) electrons. The summed E-state index contributed by atoms with van der Waals surface area (Å²) < 4.78 is 0. The lowest BCUT2D eigenvalue weighted by molar-refractivity contribution is -0.136. The molecule has 4 heteroatoms. The van der Waals surface area contributed by atoms with Crippen LogP contribution in [0, 0.1) is 0 Å². The van der Waals surface area contributed by atoms with E-state index in [1.54, 1.807) is 0 Å². The van der Waals surface area contributed by atoms with Crippen LogP contribution in [0.1, 0.15) is 38.7 Å². The Hall–Kier alpha value is -1.16. The van der Waals surface area contributed by atoms with Gasteiger partial charge in [0.15, 0.2) is 0 Å². The van der Waals surface area contributed by atoms with Crippen LogP contribution in [0.25, 0.3) is 0 Å². The monoisotopic (exact) mass is 279 g/mol. The smallest absolute Gasteiger partial charge is 0.305 e. The standard InChI is InChI=1S/C15H21NO2S/c1-10(2)12-4-5-13-14(8-12)19-11(3)9-16(13)7-6-15(17)18/h4-5,8,10-11H,6-7,9H2,1-3H3,(H,17,18). The van der Waals surface area contributed by atoms with Crippen molar-refractivity contribution in [3.05, 3.63) is 23.8 Å². The number of carbonyl (C=O) groups is 1. The highest BCUT2D eigenvalue weighted by Gasteiger charge is 2.23. The molecule has 0 fully saturated rings. The average Bonchev–Trinajstić information content (AvgIpc) is 2.34. The lowest BCUT2D eigenvalue weighted by Gasteiger charge is -2.34. The van der Waals surface area contributed by atoms with Gasteiger partial charge in [0.2, 0.25) is 0 Å². The maximum atomic E-state index is 10.7. The molecule has 0 saturated heterocycles. The van der Waals surface area contributed by atoms with Gasteiger partial charge in [0.25, 0.3) is 0 Å². The molecule has 0 bridgehead atoms. The Labute approximate surface area is 119 Å². The summed E-state index contributed by atoms with van der Waals surface area (Å²) in [5, 5.41) is 9.35. The normalized spacial score (nSPS) is 18.5. The van der Waals surface area contributed by atoms with E-state index in [1.165, 1.54) is 16.1 Å². The van der Waals surface area contributed by atoms with Crippen molar-refractivity contribution in [3.63, 3.8) is 0 Å². The van der Waals surface area contributed by atoms with Gasteiger partial charge in [-0.3, -0.25) is 4.79 Å². The van der Waals surface area contributed by atoms with Crippen LogP contribution in [0.2, 0.25) is 0 Å². The number of carboxylic acid groups (broad SMARTS) is 1. The number of fused-ring (bicyclic) bond motifs is 1. The van der Waals surface area contributed by atoms with E-state index in [4.69, 9.17) is 5.11 Å². The van der Waals surface area contributed by atoms with Crippen molar-refractivity contribution in [2.45, 2.75) is 43.3 Å². The van der Waals surface area contributed by atoms with E-state index in [0.717, 1.165) is 6.54 Å². The quantitative estimate of drug-likeness (QED) is 0.914. The van der Waals surface area contributed by atoms with Crippen LogP contribution < -0.4 is 4.90 Å². The summed E-state index contributed by atoms with van der Waals surface area (Å²) in [6.45, 7) is 8.10. The second kappa shape index (κ2) is 5.87. The maximum absolute atomic E-state index is 10.7. The highest BCUT2D eigenvalue weighted by atomic mass is 32.2. The van der Waals surface area contributed by atoms with Crippen LogP contribution in [0.5, 0.6) is 0 Å². The van der Waals surface area contributed by atoms with E-state index in [1.807, 2.05) is 11.8 Å². The first-order valence-corrected chi connectivity index (χ1v) is 7.62. The molecule has 0 saturated carbocycles. The van der Waals surface area contributed by atoms with E-state index >= 15 is 0 Å². The molecular weight excluding hydrogens is 258 g/mol. The Morgan fingerprint density at radius 1 is 1.53 bits per heavy atom. The topological polar surface area (TPSA) is 40.5 Å². The highest BCUT2D eigenvalue weighted by molar-refractivity contribution is 8.00. The van der Waals surface area contributed by atoms with Crippen LogP contribution in [0.3, 0.4) is 0 Å². The molecule has 3 nitrogen and oxygen atoms in total. The van der Waals surface area contributed by atoms with Gasteiger partial charge < -0.3 is 10.0 Å². The Kier molecular flexibility index (Phi) is 4.40. The van der Waals surface area contributed by atoms with E-state index in [2.05, 4.69) is 43.9 Å². The van der Waals surface area contributed by atoms with E-state index in [0.29, 0.717) is 17.7 Å². The minimum absolute atomic E-state index is 0.197. The maximum Gasteiger partial charge on any atom is 0.305 e. The summed E-state index contributed by atoms with van der Waals surface area (Å²) in [7, 11) is 0. The molecule has 0 aromatic heterocycles. The van der Waals surface area contributed by atoms with Crippen molar-refractivity contribution in [2.75, 3.05) is 18.0 Å². The fourth-order valence-electron chi connectivity index (χ4n) is 2.35. The van der Waals surface area contributed by atoms with Crippen molar-refractivity contribution in [1.82, 2.24) is 0 Å². The molecule has 1 N–H and O–H groups in total. The molecule has 1 aliphatic rings. The van der Waals surface area contributed by atoms with E-state index in [9.17, 15) is 4.79 Å². The fourth-order valence-corrected chi connectivity index (χ4v) is 3.56. The van der Waals surface area contributed by atoms with Gasteiger partial charge in [-0.1, -0.05) is 26.8 Å². The first kappa shape index (κ1) is 14.3. The lowest BCUT2D eigenvalue weighted by Crippen LogP contribution is -2.35. The Balaban J connectivity index is 2.24. The minimum atomic E-state index is -0.730. The largest absolute Gasteiger partial charge is 0.481 e. The number of benzene rings is 1. The molecule has 0 aliphatic carbocycles. The molecule has 1 aromatic carbocycles. The SMILES string of the molecule is CC1CN(CCC(=O)O)c2ccc(C(C)C)cc2S1. The third-order valence-electron chi connectivity index (χ3n) is 3.39. The number of hydrogen-bond acceptors (Lipinski definition) is 3. The molecule has 1 unspecified atom stereocenters. The molecule has 1 heterocycles. The van der Waals surface area contributed by atoms with Crippen LogP contribution in [0.15, 0.2) is 23.1 Å². The molecule has 104 valence electrons. The van der Waals surface area contributed by atoms with Crippen LogP contribution in [-0.4, -0.2) is 29.4 Å². The Morgan fingerprint density at radius 2 is 2.26 bits per heavy atom. The number of nitrogens with zero attached hydrogens (tertiary/aromatic N) is 1. The van der Waals surface area contributed by atoms with Gasteiger partial charge in [0.05, 0.1) is 12.1 Å². The molecule has 0 amide bonds. The van der Waals surface area contributed by atoms with E-state index < -0.39 is 5.97 Å².